The van der Waals surface area contributed by atoms with Crippen LogP contribution in [0.3, 0.4) is 0 Å². The van der Waals surface area contributed by atoms with Gasteiger partial charge in [0.15, 0.2) is 22.1 Å². The third-order valence-electron chi connectivity index (χ3n) is 3.87. The van der Waals surface area contributed by atoms with Gasteiger partial charge in [0.2, 0.25) is 0 Å². The van der Waals surface area contributed by atoms with Gasteiger partial charge in [-0.05, 0) is 36.3 Å². The molecule has 0 saturated carbocycles. The standard InChI is InChI=1S/C17H20F2N2O3S/c1-4-5-14(10-6-7-11(18)12(19)8-10)21-15(16(22)24-3)13(9-23-2)20-17(21)25/h6-8,14H,4-5,9H2,1-3H3,(H,20,25). The van der Waals surface area contributed by atoms with E-state index in [9.17, 15) is 13.6 Å². The molecule has 0 fully saturated rings. The Morgan fingerprint density at radius 2 is 2.04 bits per heavy atom. The summed E-state index contributed by atoms with van der Waals surface area (Å²) in [4.78, 5) is 15.3. The molecule has 8 heteroatoms. The SMILES string of the molecule is CCCC(c1ccc(F)c(F)c1)n1c(C(=O)OC)c(COC)[nH]c1=S. The smallest absolute Gasteiger partial charge is 0.356 e. The fourth-order valence-corrected chi connectivity index (χ4v) is 3.14. The lowest BCUT2D eigenvalue weighted by molar-refractivity contribution is 0.0580. The molecule has 1 heterocycles. The van der Waals surface area contributed by atoms with Crippen molar-refractivity contribution in [3.63, 3.8) is 0 Å². The van der Waals surface area contributed by atoms with Gasteiger partial charge in [0.1, 0.15) is 0 Å². The number of esters is 1. The van der Waals surface area contributed by atoms with Crippen LogP contribution in [0.1, 0.15) is 47.6 Å². The van der Waals surface area contributed by atoms with Crippen molar-refractivity contribution < 1.29 is 23.0 Å². The van der Waals surface area contributed by atoms with Crippen LogP contribution in [0.4, 0.5) is 8.78 Å². The number of hydrogen-bond donors (Lipinski definition) is 1. The number of methoxy groups -OCH3 is 2. The number of nitrogens with one attached hydrogen (secondary N) is 1. The average Bonchev–Trinajstić information content (AvgIpc) is 2.91. The van der Waals surface area contributed by atoms with Gasteiger partial charge in [0.25, 0.3) is 0 Å². The predicted octanol–water partition coefficient (Wildman–Crippen LogP) is 4.15. The second-order valence-electron chi connectivity index (χ2n) is 5.53. The fraction of sp³-hybridized carbons (Fsp3) is 0.412. The highest BCUT2D eigenvalue weighted by Crippen LogP contribution is 2.29. The molecule has 1 aromatic carbocycles. The minimum atomic E-state index is -0.947. The van der Waals surface area contributed by atoms with E-state index in [-0.39, 0.29) is 17.1 Å². The Morgan fingerprint density at radius 1 is 1.32 bits per heavy atom. The van der Waals surface area contributed by atoms with Crippen molar-refractivity contribution >= 4 is 18.2 Å². The number of H-pyrrole nitrogens is 1. The molecule has 0 spiro atoms. The van der Waals surface area contributed by atoms with Gasteiger partial charge in [-0.25, -0.2) is 13.6 Å². The first-order chi connectivity index (χ1) is 11.9. The van der Waals surface area contributed by atoms with Gasteiger partial charge >= 0.3 is 5.97 Å². The van der Waals surface area contributed by atoms with E-state index in [4.69, 9.17) is 21.7 Å². The molecule has 5 nitrogen and oxygen atoms in total. The van der Waals surface area contributed by atoms with Gasteiger partial charge in [-0.1, -0.05) is 19.4 Å². The number of benzene rings is 1. The molecule has 0 aliphatic rings. The number of imidazole rings is 1. The summed E-state index contributed by atoms with van der Waals surface area (Å²) in [5, 5.41) is 0. The van der Waals surface area contributed by atoms with E-state index in [1.54, 1.807) is 4.57 Å². The Balaban J connectivity index is 2.66. The summed E-state index contributed by atoms with van der Waals surface area (Å²) in [6.45, 7) is 2.09. The molecule has 0 bridgehead atoms. The highest BCUT2D eigenvalue weighted by atomic mass is 32.1. The summed E-state index contributed by atoms with van der Waals surface area (Å²) in [6, 6.07) is 3.24. The molecule has 1 N–H and O–H groups in total. The van der Waals surface area contributed by atoms with Gasteiger partial charge < -0.3 is 19.0 Å². The maximum atomic E-state index is 13.7. The number of nitrogens with zero attached hydrogens (tertiary/aromatic N) is 1. The number of ether oxygens (including phenoxy) is 2. The lowest BCUT2D eigenvalue weighted by Gasteiger charge is -2.21. The molecule has 2 aromatic rings. The van der Waals surface area contributed by atoms with Crippen LogP contribution in [0.2, 0.25) is 0 Å². The lowest BCUT2D eigenvalue weighted by Crippen LogP contribution is -2.19. The summed E-state index contributed by atoms with van der Waals surface area (Å²) in [6.07, 6.45) is 1.32. The van der Waals surface area contributed by atoms with Crippen LogP contribution in [0.15, 0.2) is 18.2 Å². The molecule has 0 aliphatic carbocycles. The molecule has 1 atom stereocenters. The van der Waals surface area contributed by atoms with E-state index in [1.165, 1.54) is 20.3 Å². The Bertz CT molecular complexity index is 817. The van der Waals surface area contributed by atoms with Crippen molar-refractivity contribution in [1.29, 1.82) is 0 Å². The van der Waals surface area contributed by atoms with Gasteiger partial charge in [0, 0.05) is 7.11 Å². The molecule has 136 valence electrons. The zero-order valence-corrected chi connectivity index (χ0v) is 15.1. The van der Waals surface area contributed by atoms with Crippen LogP contribution in [0.25, 0.3) is 0 Å². The highest BCUT2D eigenvalue weighted by Gasteiger charge is 2.26. The van der Waals surface area contributed by atoms with Crippen molar-refractivity contribution in [2.24, 2.45) is 0 Å². The third kappa shape index (κ3) is 3.96. The number of hydrogen-bond acceptors (Lipinski definition) is 4. The van der Waals surface area contributed by atoms with Crippen molar-refractivity contribution in [3.05, 3.63) is 51.6 Å². The van der Waals surface area contributed by atoms with Crippen molar-refractivity contribution in [1.82, 2.24) is 9.55 Å². The summed E-state index contributed by atoms with van der Waals surface area (Å²) in [5.41, 5.74) is 1.21. The zero-order chi connectivity index (χ0) is 18.6. The summed E-state index contributed by atoms with van der Waals surface area (Å²) >= 11 is 5.37. The Kier molecular flexibility index (Phi) is 6.44. The first-order valence-corrected chi connectivity index (χ1v) is 8.20. The predicted molar refractivity (Wildman–Crippen MR) is 91.1 cm³/mol. The van der Waals surface area contributed by atoms with E-state index >= 15 is 0 Å². The van der Waals surface area contributed by atoms with Crippen LogP contribution in [-0.4, -0.2) is 29.7 Å². The molecule has 1 aromatic heterocycles. The van der Waals surface area contributed by atoms with E-state index in [1.807, 2.05) is 6.92 Å². The molecule has 0 amide bonds. The molecule has 2 rings (SSSR count). The Labute approximate surface area is 149 Å². The quantitative estimate of drug-likeness (QED) is 0.588. The summed E-state index contributed by atoms with van der Waals surface area (Å²) < 4.78 is 38.9. The summed E-state index contributed by atoms with van der Waals surface area (Å²) in [7, 11) is 2.76. The van der Waals surface area contributed by atoms with Crippen LogP contribution in [0, 0.1) is 16.4 Å². The number of aromatic nitrogens is 2. The van der Waals surface area contributed by atoms with Gasteiger partial charge in [0.05, 0.1) is 25.5 Å². The maximum absolute atomic E-state index is 13.7. The van der Waals surface area contributed by atoms with Crippen molar-refractivity contribution in [2.45, 2.75) is 32.4 Å². The van der Waals surface area contributed by atoms with E-state index < -0.39 is 23.6 Å². The average molecular weight is 370 g/mol. The zero-order valence-electron chi connectivity index (χ0n) is 14.3. The number of halogens is 2. The van der Waals surface area contributed by atoms with Crippen LogP contribution >= 0.6 is 12.2 Å². The van der Waals surface area contributed by atoms with Gasteiger partial charge in [-0.15, -0.1) is 0 Å². The second-order valence-corrected chi connectivity index (χ2v) is 5.92. The van der Waals surface area contributed by atoms with Gasteiger partial charge in [-0.2, -0.15) is 0 Å². The minimum absolute atomic E-state index is 0.137. The minimum Gasteiger partial charge on any atom is -0.464 e. The Morgan fingerprint density at radius 3 is 2.60 bits per heavy atom. The fourth-order valence-electron chi connectivity index (χ4n) is 2.80. The molecule has 25 heavy (non-hydrogen) atoms. The lowest BCUT2D eigenvalue weighted by atomic mass is 10.0. The monoisotopic (exact) mass is 370 g/mol. The van der Waals surface area contributed by atoms with Gasteiger partial charge in [-0.3, -0.25) is 0 Å². The second kappa shape index (κ2) is 8.35. The largest absolute Gasteiger partial charge is 0.464 e. The van der Waals surface area contributed by atoms with E-state index in [0.29, 0.717) is 17.7 Å². The molecule has 0 aliphatic heterocycles. The van der Waals surface area contributed by atoms with E-state index in [0.717, 1.165) is 18.6 Å². The third-order valence-corrected chi connectivity index (χ3v) is 4.17. The van der Waals surface area contributed by atoms with Crippen molar-refractivity contribution in [3.8, 4) is 0 Å². The molecule has 1 unspecified atom stereocenters. The van der Waals surface area contributed by atoms with E-state index in [2.05, 4.69) is 4.98 Å². The van der Waals surface area contributed by atoms with Crippen LogP contribution in [0.5, 0.6) is 0 Å². The number of carbonyl (C=O) groups excluding carboxylic acids is 1. The number of aromatic amines is 1. The first kappa shape index (κ1) is 19.3. The molecule has 0 radical (unpaired) electrons. The Hall–Kier alpha value is -2.06. The molecular formula is C17H20F2N2O3S. The van der Waals surface area contributed by atoms with Crippen LogP contribution in [-0.2, 0) is 16.1 Å². The summed E-state index contributed by atoms with van der Waals surface area (Å²) in [5.74, 6) is -2.45. The normalized spacial score (nSPS) is 12.2. The highest BCUT2D eigenvalue weighted by molar-refractivity contribution is 7.71. The first-order valence-electron chi connectivity index (χ1n) is 7.80. The van der Waals surface area contributed by atoms with Crippen LogP contribution < -0.4 is 0 Å². The topological polar surface area (TPSA) is 56.2 Å². The molecule has 0 saturated heterocycles. The number of carbonyl (C=O) groups is 1. The number of rotatable bonds is 7. The van der Waals surface area contributed by atoms with Crippen molar-refractivity contribution in [2.75, 3.05) is 14.2 Å². The maximum Gasteiger partial charge on any atom is 0.356 e. The molecular weight excluding hydrogens is 350 g/mol.